The summed E-state index contributed by atoms with van der Waals surface area (Å²) in [6, 6.07) is 9.09. The van der Waals surface area contributed by atoms with Gasteiger partial charge in [-0.2, -0.15) is 0 Å². The van der Waals surface area contributed by atoms with Crippen LogP contribution in [0.4, 0.5) is 0 Å². The van der Waals surface area contributed by atoms with Gasteiger partial charge in [0.25, 0.3) is 0 Å². The minimum Gasteiger partial charge on any atom is -0.385 e. The second-order valence-corrected chi connectivity index (χ2v) is 4.20. The molecule has 0 aromatic heterocycles. The topological polar surface area (TPSA) is 40.5 Å². The van der Waals surface area contributed by atoms with Crippen LogP contribution in [0.2, 0.25) is 5.02 Å². The fourth-order valence-electron chi connectivity index (χ4n) is 2.26. The number of rotatable bonds is 0. The van der Waals surface area contributed by atoms with Crippen molar-refractivity contribution in [2.24, 2.45) is 0 Å². The molecule has 2 aromatic carbocycles. The standard InChI is InChI=1S/C12H9ClO2/c13-9-5-4-8-10-6(9)2-1-3-7(10)11(14)12(8)15/h1-5,11-12,14-15H. The van der Waals surface area contributed by atoms with Crippen molar-refractivity contribution in [1.29, 1.82) is 0 Å². The van der Waals surface area contributed by atoms with E-state index in [4.69, 9.17) is 11.6 Å². The molecule has 0 aliphatic heterocycles. The van der Waals surface area contributed by atoms with Gasteiger partial charge in [-0.3, -0.25) is 0 Å². The molecule has 0 saturated carbocycles. The molecule has 1 aliphatic carbocycles. The highest BCUT2D eigenvalue weighted by molar-refractivity contribution is 6.35. The van der Waals surface area contributed by atoms with Gasteiger partial charge in [-0.1, -0.05) is 35.9 Å². The summed E-state index contributed by atoms with van der Waals surface area (Å²) in [6.45, 7) is 0. The van der Waals surface area contributed by atoms with Crippen LogP contribution in [0.1, 0.15) is 23.3 Å². The zero-order valence-corrected chi connectivity index (χ0v) is 8.57. The van der Waals surface area contributed by atoms with Crippen LogP contribution in [0.5, 0.6) is 0 Å². The van der Waals surface area contributed by atoms with Crippen molar-refractivity contribution in [3.63, 3.8) is 0 Å². The largest absolute Gasteiger partial charge is 0.385 e. The molecule has 0 amide bonds. The SMILES string of the molecule is OC1c2cccc3c(Cl)ccc(c23)C1O. The highest BCUT2D eigenvalue weighted by Gasteiger charge is 2.31. The molecule has 0 fully saturated rings. The summed E-state index contributed by atoms with van der Waals surface area (Å²) in [6.07, 6.45) is -1.66. The van der Waals surface area contributed by atoms with Crippen LogP contribution in [0.15, 0.2) is 30.3 Å². The van der Waals surface area contributed by atoms with Gasteiger partial charge in [0.1, 0.15) is 12.2 Å². The number of halogens is 1. The van der Waals surface area contributed by atoms with E-state index in [0.717, 1.165) is 21.9 Å². The van der Waals surface area contributed by atoms with Gasteiger partial charge in [0.2, 0.25) is 0 Å². The van der Waals surface area contributed by atoms with Gasteiger partial charge in [0, 0.05) is 10.4 Å². The third kappa shape index (κ3) is 1.07. The lowest BCUT2D eigenvalue weighted by Gasteiger charge is -2.08. The Morgan fingerprint density at radius 3 is 2.33 bits per heavy atom. The number of aliphatic hydroxyl groups excluding tert-OH is 2. The molecule has 3 heteroatoms. The van der Waals surface area contributed by atoms with Gasteiger partial charge in [-0.25, -0.2) is 0 Å². The first kappa shape index (κ1) is 9.16. The zero-order chi connectivity index (χ0) is 10.6. The first-order chi connectivity index (χ1) is 7.20. The molecule has 2 unspecified atom stereocenters. The number of hydrogen-bond donors (Lipinski definition) is 2. The average Bonchev–Trinajstić information content (AvgIpc) is 2.50. The van der Waals surface area contributed by atoms with Crippen LogP contribution in [0, 0.1) is 0 Å². The summed E-state index contributed by atoms with van der Waals surface area (Å²) >= 11 is 6.06. The Hall–Kier alpha value is -1.09. The third-order valence-corrected chi connectivity index (χ3v) is 3.32. The molecular weight excluding hydrogens is 212 g/mol. The molecule has 3 rings (SSSR count). The minimum atomic E-state index is -0.831. The molecule has 1 aliphatic rings. The predicted octanol–water partition coefficient (Wildman–Crippen LogP) is 2.57. The molecule has 2 nitrogen and oxygen atoms in total. The maximum Gasteiger partial charge on any atom is 0.110 e. The van der Waals surface area contributed by atoms with E-state index in [-0.39, 0.29) is 0 Å². The fourth-order valence-corrected chi connectivity index (χ4v) is 2.48. The molecule has 76 valence electrons. The number of benzene rings is 2. The second kappa shape index (κ2) is 2.95. The monoisotopic (exact) mass is 220 g/mol. The molecule has 2 N–H and O–H groups in total. The summed E-state index contributed by atoms with van der Waals surface area (Å²) in [5.41, 5.74) is 1.52. The van der Waals surface area contributed by atoms with Gasteiger partial charge in [0.15, 0.2) is 0 Å². The van der Waals surface area contributed by atoms with Crippen LogP contribution in [-0.2, 0) is 0 Å². The van der Waals surface area contributed by atoms with Crippen molar-refractivity contribution in [3.05, 3.63) is 46.5 Å². The number of aliphatic hydroxyl groups is 2. The van der Waals surface area contributed by atoms with E-state index in [1.54, 1.807) is 12.1 Å². The van der Waals surface area contributed by atoms with Gasteiger partial charge in [-0.05, 0) is 22.6 Å². The summed E-state index contributed by atoms with van der Waals surface area (Å²) in [7, 11) is 0. The van der Waals surface area contributed by atoms with Crippen LogP contribution in [0.3, 0.4) is 0 Å². The third-order valence-electron chi connectivity index (χ3n) is 2.99. The minimum absolute atomic E-state index is 0.650. The van der Waals surface area contributed by atoms with E-state index >= 15 is 0 Å². The first-order valence-corrected chi connectivity index (χ1v) is 5.15. The maximum atomic E-state index is 9.83. The van der Waals surface area contributed by atoms with Crippen LogP contribution in [0.25, 0.3) is 10.8 Å². The number of hydrogen-bond acceptors (Lipinski definition) is 2. The Kier molecular flexibility index (Phi) is 1.80. The van der Waals surface area contributed by atoms with E-state index in [1.807, 2.05) is 18.2 Å². The van der Waals surface area contributed by atoms with Crippen LogP contribution >= 0.6 is 11.6 Å². The summed E-state index contributed by atoms with van der Waals surface area (Å²) in [5.74, 6) is 0. The zero-order valence-electron chi connectivity index (χ0n) is 7.81. The lowest BCUT2D eigenvalue weighted by Crippen LogP contribution is -2.02. The summed E-state index contributed by atoms with van der Waals surface area (Å²) in [5, 5.41) is 22.1. The molecule has 0 heterocycles. The van der Waals surface area contributed by atoms with Crippen LogP contribution in [-0.4, -0.2) is 10.2 Å². The van der Waals surface area contributed by atoms with Crippen molar-refractivity contribution >= 4 is 22.4 Å². The Morgan fingerprint density at radius 1 is 0.933 bits per heavy atom. The van der Waals surface area contributed by atoms with Gasteiger partial charge >= 0.3 is 0 Å². The van der Waals surface area contributed by atoms with Crippen LogP contribution < -0.4 is 0 Å². The Morgan fingerprint density at radius 2 is 1.60 bits per heavy atom. The normalized spacial score (nSPS) is 23.7. The average molecular weight is 221 g/mol. The molecular formula is C12H9ClO2. The quantitative estimate of drug-likeness (QED) is 0.717. The Balaban J connectivity index is 2.51. The van der Waals surface area contributed by atoms with Crippen molar-refractivity contribution < 1.29 is 10.2 Å². The lowest BCUT2D eigenvalue weighted by molar-refractivity contribution is 0.0253. The van der Waals surface area contributed by atoms with E-state index in [2.05, 4.69) is 0 Å². The van der Waals surface area contributed by atoms with E-state index in [0.29, 0.717) is 5.02 Å². The smallest absolute Gasteiger partial charge is 0.110 e. The fraction of sp³-hybridized carbons (Fsp3) is 0.167. The Bertz CT molecular complexity index is 536. The van der Waals surface area contributed by atoms with Gasteiger partial charge < -0.3 is 10.2 Å². The summed E-state index contributed by atoms with van der Waals surface area (Å²) < 4.78 is 0. The molecule has 0 radical (unpaired) electrons. The van der Waals surface area contributed by atoms with E-state index in [1.165, 1.54) is 0 Å². The molecule has 2 aromatic rings. The van der Waals surface area contributed by atoms with E-state index < -0.39 is 12.2 Å². The first-order valence-electron chi connectivity index (χ1n) is 4.77. The summed E-state index contributed by atoms with van der Waals surface area (Å²) in [4.78, 5) is 0. The second-order valence-electron chi connectivity index (χ2n) is 3.80. The van der Waals surface area contributed by atoms with Crippen molar-refractivity contribution in [1.82, 2.24) is 0 Å². The molecule has 2 atom stereocenters. The highest BCUT2D eigenvalue weighted by atomic mass is 35.5. The lowest BCUT2D eigenvalue weighted by atomic mass is 10.1. The highest BCUT2D eigenvalue weighted by Crippen LogP contribution is 2.45. The maximum absolute atomic E-state index is 9.83. The van der Waals surface area contributed by atoms with Crippen molar-refractivity contribution in [3.8, 4) is 0 Å². The molecule has 15 heavy (non-hydrogen) atoms. The van der Waals surface area contributed by atoms with E-state index in [9.17, 15) is 10.2 Å². The molecule has 0 saturated heterocycles. The van der Waals surface area contributed by atoms with Crippen molar-refractivity contribution in [2.75, 3.05) is 0 Å². The molecule has 0 bridgehead atoms. The van der Waals surface area contributed by atoms with Gasteiger partial charge in [0.05, 0.1) is 0 Å². The molecule has 0 spiro atoms. The van der Waals surface area contributed by atoms with Gasteiger partial charge in [-0.15, -0.1) is 0 Å². The predicted molar refractivity (Wildman–Crippen MR) is 58.9 cm³/mol. The van der Waals surface area contributed by atoms with Crippen molar-refractivity contribution in [2.45, 2.75) is 12.2 Å². The Labute approximate surface area is 91.7 Å².